The van der Waals surface area contributed by atoms with Gasteiger partial charge in [0, 0.05) is 52.6 Å². The summed E-state index contributed by atoms with van der Waals surface area (Å²) < 4.78 is 56.8. The summed E-state index contributed by atoms with van der Waals surface area (Å²) in [6.45, 7) is 1.07. The van der Waals surface area contributed by atoms with Gasteiger partial charge < -0.3 is 4.42 Å². The third-order valence-corrected chi connectivity index (χ3v) is 7.46. The summed E-state index contributed by atoms with van der Waals surface area (Å²) in [5.41, 5.74) is 4.28. The van der Waals surface area contributed by atoms with Gasteiger partial charge in [-0.2, -0.15) is 0 Å². The van der Waals surface area contributed by atoms with Gasteiger partial charge in [-0.3, -0.25) is 9.97 Å². The quantitative estimate of drug-likeness (QED) is 0.231. The molecule has 0 aliphatic rings. The van der Waals surface area contributed by atoms with Gasteiger partial charge in [-0.25, -0.2) is 0 Å². The van der Waals surface area contributed by atoms with E-state index in [1.165, 1.54) is 6.20 Å². The number of hydrogen-bond donors (Lipinski definition) is 0. The van der Waals surface area contributed by atoms with Gasteiger partial charge in [0.1, 0.15) is 11.2 Å². The van der Waals surface area contributed by atoms with Gasteiger partial charge in [0.15, 0.2) is 0 Å². The van der Waals surface area contributed by atoms with Crippen LogP contribution in [0, 0.1) is 13.7 Å². The van der Waals surface area contributed by atoms with Gasteiger partial charge in [-0.05, 0) is 77.7 Å². The Hall–Kier alpha value is -4.50. The maximum absolute atomic E-state index is 8.43. The summed E-state index contributed by atoms with van der Waals surface area (Å²) in [5.74, 6) is 0. The smallest absolute Gasteiger partial charge is 0.144 e. The van der Waals surface area contributed by atoms with Crippen LogP contribution < -0.4 is 0 Å². The van der Waals surface area contributed by atoms with Gasteiger partial charge >= 0.3 is 0 Å². The lowest BCUT2D eigenvalue weighted by molar-refractivity contribution is 0.571. The largest absolute Gasteiger partial charge is 0.455 e. The minimum Gasteiger partial charge on any atom is -0.455 e. The zero-order valence-corrected chi connectivity index (χ0v) is 22.0. The number of rotatable bonds is 2. The van der Waals surface area contributed by atoms with Crippen LogP contribution in [0.25, 0.3) is 66.0 Å². The molecule has 0 aliphatic carbocycles. The standard InChI is InChI=1S/C36H30N2O/c1-21-17-31-24(14-16-33(38-31)36(3,4)5)18-29(21)30-19-32(37-20-22(30)2)28-12-8-11-26-27-15-13-23-9-6-7-10-25(23)34(27)39-35(26)28/h6-20H,1-5H3/i1D3,2D3. The number of hydrogen-bond acceptors (Lipinski definition) is 3. The number of para-hydroxylation sites is 1. The molecule has 0 aliphatic heterocycles. The van der Waals surface area contributed by atoms with E-state index in [0.717, 1.165) is 32.8 Å². The van der Waals surface area contributed by atoms with Crippen molar-refractivity contribution in [1.82, 2.24) is 9.97 Å². The molecule has 4 aromatic carbocycles. The van der Waals surface area contributed by atoms with Crippen LogP contribution in [0.2, 0.25) is 0 Å². The Morgan fingerprint density at radius 3 is 2.28 bits per heavy atom. The van der Waals surface area contributed by atoms with E-state index in [-0.39, 0.29) is 22.1 Å². The number of pyridine rings is 2. The first-order valence-electron chi connectivity index (χ1n) is 16.0. The summed E-state index contributed by atoms with van der Waals surface area (Å²) >= 11 is 0. The van der Waals surface area contributed by atoms with E-state index < -0.39 is 13.7 Å². The van der Waals surface area contributed by atoms with Crippen molar-refractivity contribution < 1.29 is 12.6 Å². The molecule has 0 amide bonds. The molecule has 3 heteroatoms. The third-order valence-electron chi connectivity index (χ3n) is 7.46. The molecule has 0 spiro atoms. The highest BCUT2D eigenvalue weighted by atomic mass is 16.3. The van der Waals surface area contributed by atoms with Gasteiger partial charge in [-0.15, -0.1) is 0 Å². The van der Waals surface area contributed by atoms with Gasteiger partial charge in [-0.1, -0.05) is 69.3 Å². The van der Waals surface area contributed by atoms with E-state index in [4.69, 9.17) is 17.6 Å². The van der Waals surface area contributed by atoms with E-state index in [1.807, 2.05) is 81.4 Å². The second kappa shape index (κ2) is 8.51. The van der Waals surface area contributed by atoms with Crippen molar-refractivity contribution in [3.8, 4) is 22.4 Å². The van der Waals surface area contributed by atoms with Crippen LogP contribution >= 0.6 is 0 Å². The summed E-state index contributed by atoms with van der Waals surface area (Å²) in [6, 6.07) is 26.7. The molecule has 0 N–H and O–H groups in total. The number of benzene rings is 4. The molecule has 0 saturated carbocycles. The molecule has 0 bridgehead atoms. The molecular formula is C36H30N2O. The number of nitrogens with zero attached hydrogens (tertiary/aromatic N) is 2. The summed E-state index contributed by atoms with van der Waals surface area (Å²) in [5, 5.41) is 4.64. The molecule has 7 aromatic rings. The minimum absolute atomic E-state index is 0.0295. The SMILES string of the molecule is [2H]C([2H])([2H])c1cnc(-c2cccc3c2oc2c4ccccc4ccc32)cc1-c1cc2ccc(C(C)(C)C)nc2cc1C([2H])([2H])[2H]. The minimum atomic E-state index is -2.54. The van der Waals surface area contributed by atoms with Crippen LogP contribution in [0.4, 0.5) is 0 Å². The first kappa shape index (κ1) is 17.9. The van der Waals surface area contributed by atoms with Gasteiger partial charge in [0.25, 0.3) is 0 Å². The van der Waals surface area contributed by atoms with Crippen LogP contribution in [0.1, 0.15) is 45.8 Å². The fraction of sp³-hybridized carbons (Fsp3) is 0.167. The van der Waals surface area contributed by atoms with Crippen molar-refractivity contribution in [3.05, 3.63) is 108 Å². The van der Waals surface area contributed by atoms with Crippen molar-refractivity contribution >= 4 is 43.6 Å². The predicted octanol–water partition coefficient (Wildman–Crippen LogP) is 9.93. The first-order valence-corrected chi connectivity index (χ1v) is 13.0. The Balaban J connectivity index is 1.50. The molecular weight excluding hydrogens is 476 g/mol. The average molecular weight is 513 g/mol. The second-order valence-electron chi connectivity index (χ2n) is 11.1. The monoisotopic (exact) mass is 512 g/mol. The predicted molar refractivity (Wildman–Crippen MR) is 163 cm³/mol. The van der Waals surface area contributed by atoms with Crippen molar-refractivity contribution in [2.45, 2.75) is 39.9 Å². The van der Waals surface area contributed by atoms with Gasteiger partial charge in [0.05, 0.1) is 11.2 Å². The first-order chi connectivity index (χ1) is 21.2. The summed E-state index contributed by atoms with van der Waals surface area (Å²) in [6.07, 6.45) is 1.34. The van der Waals surface area contributed by atoms with E-state index >= 15 is 0 Å². The summed E-state index contributed by atoms with van der Waals surface area (Å²) in [4.78, 5) is 9.39. The van der Waals surface area contributed by atoms with E-state index in [2.05, 4.69) is 11.1 Å². The second-order valence-corrected chi connectivity index (χ2v) is 11.1. The van der Waals surface area contributed by atoms with Crippen molar-refractivity contribution in [2.75, 3.05) is 0 Å². The van der Waals surface area contributed by atoms with Crippen LogP contribution in [-0.2, 0) is 5.41 Å². The van der Waals surface area contributed by atoms with Gasteiger partial charge in [0.2, 0.25) is 0 Å². The zero-order chi connectivity index (χ0) is 31.9. The fourth-order valence-electron chi connectivity index (χ4n) is 5.37. The molecule has 190 valence electrons. The molecule has 3 heterocycles. The number of fused-ring (bicyclic) bond motifs is 6. The molecule has 0 atom stereocenters. The van der Waals surface area contributed by atoms with E-state index in [1.54, 1.807) is 18.2 Å². The molecule has 7 rings (SSSR count). The van der Waals surface area contributed by atoms with E-state index in [0.29, 0.717) is 33.3 Å². The Morgan fingerprint density at radius 2 is 1.44 bits per heavy atom. The highest BCUT2D eigenvalue weighted by molar-refractivity contribution is 6.17. The third kappa shape index (κ3) is 3.80. The Bertz CT molecular complexity index is 2290. The van der Waals surface area contributed by atoms with Crippen LogP contribution in [0.3, 0.4) is 0 Å². The Kier molecular flexibility index (Phi) is 3.91. The number of aromatic nitrogens is 2. The maximum Gasteiger partial charge on any atom is 0.144 e. The molecule has 3 aromatic heterocycles. The topological polar surface area (TPSA) is 38.9 Å². The molecule has 0 fully saturated rings. The number of aryl methyl sites for hydroxylation is 2. The lowest BCUT2D eigenvalue weighted by atomic mass is 9.90. The number of furan rings is 1. The molecule has 0 saturated heterocycles. The van der Waals surface area contributed by atoms with Crippen molar-refractivity contribution in [3.63, 3.8) is 0 Å². The van der Waals surface area contributed by atoms with Crippen molar-refractivity contribution in [1.29, 1.82) is 0 Å². The van der Waals surface area contributed by atoms with Crippen molar-refractivity contribution in [2.24, 2.45) is 0 Å². The summed E-state index contributed by atoms with van der Waals surface area (Å²) in [7, 11) is 0. The lowest BCUT2D eigenvalue weighted by Gasteiger charge is -2.19. The molecule has 39 heavy (non-hydrogen) atoms. The van der Waals surface area contributed by atoms with Crippen LogP contribution in [0.5, 0.6) is 0 Å². The fourth-order valence-corrected chi connectivity index (χ4v) is 5.37. The molecule has 0 unspecified atom stereocenters. The van der Waals surface area contributed by atoms with Crippen LogP contribution in [0.15, 0.2) is 95.5 Å². The van der Waals surface area contributed by atoms with E-state index in [9.17, 15) is 0 Å². The highest BCUT2D eigenvalue weighted by Gasteiger charge is 2.18. The average Bonchev–Trinajstić information content (AvgIpc) is 3.38. The lowest BCUT2D eigenvalue weighted by Crippen LogP contribution is -2.13. The highest BCUT2D eigenvalue weighted by Crippen LogP contribution is 2.40. The Labute approximate surface area is 236 Å². The molecule has 3 nitrogen and oxygen atoms in total. The maximum atomic E-state index is 8.43. The molecule has 0 radical (unpaired) electrons. The zero-order valence-electron chi connectivity index (χ0n) is 28.0. The van der Waals surface area contributed by atoms with Crippen LogP contribution in [-0.4, -0.2) is 9.97 Å². The normalized spacial score (nSPS) is 15.2. The Morgan fingerprint density at radius 1 is 0.667 bits per heavy atom.